The van der Waals surface area contributed by atoms with Gasteiger partial charge in [-0.15, -0.1) is 0 Å². The van der Waals surface area contributed by atoms with Gasteiger partial charge in [0.2, 0.25) is 0 Å². The summed E-state index contributed by atoms with van der Waals surface area (Å²) in [6, 6.07) is 15.6. The van der Waals surface area contributed by atoms with Gasteiger partial charge in [-0.05, 0) is 72.6 Å². The summed E-state index contributed by atoms with van der Waals surface area (Å²) < 4.78 is 13.3. The van der Waals surface area contributed by atoms with Crippen LogP contribution in [-0.4, -0.2) is 37.6 Å². The number of ether oxygens (including phenoxy) is 2. The summed E-state index contributed by atoms with van der Waals surface area (Å²) in [6.45, 7) is 6.62. The molecule has 0 saturated carbocycles. The molecule has 2 aromatic carbocycles. The highest BCUT2D eigenvalue weighted by molar-refractivity contribution is 14.2. The van der Waals surface area contributed by atoms with Crippen LogP contribution in [0.2, 0.25) is 0 Å². The molecule has 0 saturated heterocycles. The number of benzene rings is 2. The van der Waals surface area contributed by atoms with Crippen LogP contribution >= 0.6 is 28.4 Å². The van der Waals surface area contributed by atoms with Crippen LogP contribution in [-0.2, 0) is 22.7 Å². The zero-order chi connectivity index (χ0) is 26.7. The first-order valence-electron chi connectivity index (χ1n) is 12.1. The maximum absolute atomic E-state index is 12.2. The molecule has 1 amide bonds. The molecule has 0 radical (unpaired) electrons. The average Bonchev–Trinajstić information content (AvgIpc) is 3.57. The van der Waals surface area contributed by atoms with Crippen LogP contribution in [0.3, 0.4) is 0 Å². The van der Waals surface area contributed by atoms with E-state index in [9.17, 15) is 4.79 Å². The summed E-state index contributed by atoms with van der Waals surface area (Å²) in [5.74, 6) is 1.67. The molecule has 0 aliphatic carbocycles. The molecule has 1 atom stereocenters. The number of hydrogen-bond donors (Lipinski definition) is 2. The lowest BCUT2D eigenvalue weighted by Gasteiger charge is -2.20. The van der Waals surface area contributed by atoms with Gasteiger partial charge in [0.05, 0.1) is 31.5 Å². The fourth-order valence-electron chi connectivity index (χ4n) is 4.01. The monoisotopic (exact) mass is 642 g/mol. The number of fused-ring (bicyclic) bond motifs is 1. The molecule has 4 aromatic rings. The van der Waals surface area contributed by atoms with E-state index in [0.717, 1.165) is 33.6 Å². The SMILES string of the molecule is CC(C)(C)NC(=O)COc1cccc(-c2nc3c(c(Nc4ccc(-c5cnn(PI)c5)cc4)n2)COC3)c1. The van der Waals surface area contributed by atoms with Crippen LogP contribution in [0.15, 0.2) is 60.9 Å². The van der Waals surface area contributed by atoms with Crippen LogP contribution in [0.5, 0.6) is 5.75 Å². The Balaban J connectivity index is 1.35. The molecule has 5 rings (SSSR count). The van der Waals surface area contributed by atoms with Crippen molar-refractivity contribution in [2.45, 2.75) is 39.5 Å². The predicted octanol–water partition coefficient (Wildman–Crippen LogP) is 5.87. The van der Waals surface area contributed by atoms with Crippen LogP contribution in [0, 0.1) is 0 Å². The largest absolute Gasteiger partial charge is 0.484 e. The van der Waals surface area contributed by atoms with Crippen molar-refractivity contribution < 1.29 is 14.3 Å². The van der Waals surface area contributed by atoms with E-state index in [1.165, 1.54) is 0 Å². The van der Waals surface area contributed by atoms with Gasteiger partial charge in [0.15, 0.2) is 12.4 Å². The summed E-state index contributed by atoms with van der Waals surface area (Å²) in [5.41, 5.74) is 5.38. The van der Waals surface area contributed by atoms with E-state index < -0.39 is 0 Å². The zero-order valence-electron chi connectivity index (χ0n) is 21.3. The van der Waals surface area contributed by atoms with Crippen molar-refractivity contribution in [3.05, 3.63) is 72.2 Å². The highest BCUT2D eigenvalue weighted by atomic mass is 127. The topological polar surface area (TPSA) is 103 Å². The second kappa shape index (κ2) is 11.3. The van der Waals surface area contributed by atoms with E-state index in [4.69, 9.17) is 19.4 Å². The quantitative estimate of drug-likeness (QED) is 0.183. The van der Waals surface area contributed by atoms with E-state index in [2.05, 4.69) is 49.9 Å². The molecule has 196 valence electrons. The molecule has 11 heteroatoms. The van der Waals surface area contributed by atoms with E-state index in [0.29, 0.717) is 37.0 Å². The highest BCUT2D eigenvalue weighted by Gasteiger charge is 2.21. The minimum Gasteiger partial charge on any atom is -0.484 e. The lowest BCUT2D eigenvalue weighted by molar-refractivity contribution is -0.124. The number of carbonyl (C=O) groups excluding carboxylic acids is 1. The van der Waals surface area contributed by atoms with Gasteiger partial charge in [0.25, 0.3) is 5.91 Å². The Hall–Kier alpha value is -3.08. The molecule has 2 aromatic heterocycles. The summed E-state index contributed by atoms with van der Waals surface area (Å²) in [6.07, 6.45) is 4.49. The van der Waals surface area contributed by atoms with Crippen molar-refractivity contribution in [3.63, 3.8) is 0 Å². The minimum atomic E-state index is -0.315. The van der Waals surface area contributed by atoms with Crippen molar-refractivity contribution in [1.29, 1.82) is 0 Å². The second-order valence-electron chi connectivity index (χ2n) is 9.89. The molecule has 3 heterocycles. The minimum absolute atomic E-state index is 0.0678. The smallest absolute Gasteiger partial charge is 0.258 e. The molecule has 2 N–H and O–H groups in total. The molecule has 1 aliphatic rings. The molecular weight excluding hydrogens is 614 g/mol. The number of aromatic nitrogens is 4. The zero-order valence-corrected chi connectivity index (χ0v) is 24.4. The summed E-state index contributed by atoms with van der Waals surface area (Å²) >= 11 is 2.31. The predicted molar refractivity (Wildman–Crippen MR) is 158 cm³/mol. The maximum atomic E-state index is 12.2. The Bertz CT molecular complexity index is 1450. The van der Waals surface area contributed by atoms with Crippen molar-refractivity contribution in [3.8, 4) is 28.3 Å². The standard InChI is InChI=1S/C27H28IN6O3P/c1-27(2,3)33-24(35)16-37-21-6-4-5-18(11-21)25-31-23-15-36-14-22(23)26(32-25)30-20-9-7-17(8-10-20)19-12-29-34(13-19)38-28/h4-13,38H,14-16H2,1-3H3,(H,33,35)(H,30,31,32). The Labute approximate surface area is 236 Å². The first-order valence-corrected chi connectivity index (χ1v) is 16.1. The molecule has 9 nitrogen and oxygen atoms in total. The highest BCUT2D eigenvalue weighted by Crippen LogP contribution is 2.32. The third-order valence-electron chi connectivity index (χ3n) is 5.70. The van der Waals surface area contributed by atoms with Crippen molar-refractivity contribution in [1.82, 2.24) is 24.8 Å². The number of amides is 1. The third kappa shape index (κ3) is 6.48. The maximum Gasteiger partial charge on any atom is 0.258 e. The molecule has 1 unspecified atom stereocenters. The number of nitrogens with zero attached hydrogens (tertiary/aromatic N) is 4. The van der Waals surface area contributed by atoms with Gasteiger partial charge in [-0.1, -0.05) is 24.3 Å². The van der Waals surface area contributed by atoms with Crippen molar-refractivity contribution in [2.75, 3.05) is 11.9 Å². The number of nitrogens with one attached hydrogen (secondary N) is 2. The Kier molecular flexibility index (Phi) is 7.92. The summed E-state index contributed by atoms with van der Waals surface area (Å²) in [5, 5.41) is 10.7. The lowest BCUT2D eigenvalue weighted by Crippen LogP contribution is -2.43. The number of hydrogen-bond acceptors (Lipinski definition) is 7. The summed E-state index contributed by atoms with van der Waals surface area (Å²) in [4.78, 5) is 21.8. The number of anilines is 2. The third-order valence-corrected chi connectivity index (χ3v) is 7.61. The van der Waals surface area contributed by atoms with Crippen LogP contribution in [0.4, 0.5) is 11.5 Å². The van der Waals surface area contributed by atoms with E-state index in [1.54, 1.807) is 0 Å². The van der Waals surface area contributed by atoms with Gasteiger partial charge >= 0.3 is 0 Å². The Morgan fingerprint density at radius 1 is 1.11 bits per heavy atom. The van der Waals surface area contributed by atoms with Gasteiger partial charge < -0.3 is 20.1 Å². The molecule has 38 heavy (non-hydrogen) atoms. The molecular formula is C27H28IN6O3P. The van der Waals surface area contributed by atoms with Crippen molar-refractivity contribution in [2.24, 2.45) is 0 Å². The number of halogens is 1. The average molecular weight is 642 g/mol. The normalized spacial score (nSPS) is 13.1. The van der Waals surface area contributed by atoms with Gasteiger partial charge in [0, 0.05) is 34.1 Å². The van der Waals surface area contributed by atoms with E-state index in [-0.39, 0.29) is 18.1 Å². The second-order valence-corrected chi connectivity index (χ2v) is 12.0. The van der Waals surface area contributed by atoms with E-state index in [1.807, 2.05) is 74.0 Å². The van der Waals surface area contributed by atoms with Crippen LogP contribution in [0.25, 0.3) is 22.5 Å². The van der Waals surface area contributed by atoms with Gasteiger partial charge in [-0.25, -0.2) is 14.4 Å². The molecule has 0 bridgehead atoms. The fourth-order valence-corrected chi connectivity index (χ4v) is 5.09. The Morgan fingerprint density at radius 2 is 1.92 bits per heavy atom. The number of carbonyl (C=O) groups is 1. The van der Waals surface area contributed by atoms with Gasteiger partial charge in [0.1, 0.15) is 11.6 Å². The molecule has 1 aliphatic heterocycles. The lowest BCUT2D eigenvalue weighted by atomic mass is 10.1. The van der Waals surface area contributed by atoms with Gasteiger partial charge in [-0.3, -0.25) is 4.79 Å². The molecule has 0 fully saturated rings. The Morgan fingerprint density at radius 3 is 2.66 bits per heavy atom. The first-order chi connectivity index (χ1) is 18.3. The first kappa shape index (κ1) is 26.5. The van der Waals surface area contributed by atoms with Crippen LogP contribution < -0.4 is 15.4 Å². The van der Waals surface area contributed by atoms with E-state index >= 15 is 0 Å². The number of rotatable bonds is 8. The van der Waals surface area contributed by atoms with Gasteiger partial charge in [-0.2, -0.15) is 5.10 Å². The van der Waals surface area contributed by atoms with Crippen molar-refractivity contribution >= 4 is 45.8 Å². The fraction of sp³-hybridized carbons (Fsp3) is 0.259. The summed E-state index contributed by atoms with van der Waals surface area (Å²) in [7, 11) is 0. The molecule has 0 spiro atoms. The van der Waals surface area contributed by atoms with Crippen LogP contribution in [0.1, 0.15) is 32.0 Å².